The number of hydrogen-bond acceptors (Lipinski definition) is 4. The lowest BCUT2D eigenvalue weighted by molar-refractivity contribution is -0.116. The van der Waals surface area contributed by atoms with E-state index in [4.69, 9.17) is 0 Å². The number of rotatable bonds is 9. The smallest absolute Gasteiger partial charge is 0.325 e. The number of carbonyl (C=O) groups excluding carboxylic acids is 1. The van der Waals surface area contributed by atoms with Gasteiger partial charge in [0.15, 0.2) is 11.2 Å². The molecule has 33 heavy (non-hydrogen) atoms. The highest BCUT2D eigenvalue weighted by molar-refractivity contribution is 5.90. The average Bonchev–Trinajstić information content (AvgIpc) is 3.42. The number of carbonyl (C=O) groups is 1. The van der Waals surface area contributed by atoms with E-state index in [0.29, 0.717) is 35.9 Å². The molecule has 176 valence electrons. The zero-order valence-electron chi connectivity index (χ0n) is 19.8. The van der Waals surface area contributed by atoms with Crippen molar-refractivity contribution in [3.63, 3.8) is 0 Å². The number of benzene rings is 1. The van der Waals surface area contributed by atoms with Crippen LogP contribution < -0.4 is 16.6 Å². The quantitative estimate of drug-likeness (QED) is 0.540. The van der Waals surface area contributed by atoms with Gasteiger partial charge >= 0.3 is 5.69 Å². The van der Waals surface area contributed by atoms with Gasteiger partial charge in [0.05, 0.1) is 6.33 Å². The van der Waals surface area contributed by atoms with Crippen molar-refractivity contribution in [2.24, 2.45) is 5.92 Å². The minimum atomic E-state index is -0.487. The molecule has 4 rings (SSSR count). The molecule has 8 heteroatoms. The van der Waals surface area contributed by atoms with Gasteiger partial charge in [0.25, 0.3) is 5.56 Å². The molecule has 0 radical (unpaired) electrons. The van der Waals surface area contributed by atoms with Gasteiger partial charge in [-0.2, -0.15) is 0 Å². The number of unbranched alkanes of at least 4 members (excludes halogenated alkanes) is 1. The SMILES string of the molecule is CCCCn1c(=O)n(CC(=O)Nc2ccc3c(c2)CCC3)c(=O)c2c1ncn2CCC(C)C. The molecule has 1 N–H and O–H groups in total. The molecule has 1 aliphatic rings. The fraction of sp³-hybridized carbons (Fsp3) is 0.520. The first-order chi connectivity index (χ1) is 15.9. The number of aromatic nitrogens is 4. The van der Waals surface area contributed by atoms with E-state index in [9.17, 15) is 14.4 Å². The van der Waals surface area contributed by atoms with Gasteiger partial charge in [0, 0.05) is 18.8 Å². The van der Waals surface area contributed by atoms with E-state index in [-0.39, 0.29) is 12.5 Å². The van der Waals surface area contributed by atoms with Crippen molar-refractivity contribution < 1.29 is 4.79 Å². The third-order valence-corrected chi connectivity index (χ3v) is 6.35. The van der Waals surface area contributed by atoms with Crippen molar-refractivity contribution in [1.82, 2.24) is 18.7 Å². The summed E-state index contributed by atoms with van der Waals surface area (Å²) in [6.07, 6.45) is 7.42. The molecule has 0 fully saturated rings. The maximum absolute atomic E-state index is 13.4. The molecular weight excluding hydrogens is 418 g/mol. The number of hydrogen-bond donors (Lipinski definition) is 1. The molecule has 8 nitrogen and oxygen atoms in total. The normalized spacial score (nSPS) is 13.1. The molecule has 0 saturated heterocycles. The van der Waals surface area contributed by atoms with Gasteiger partial charge in [0.1, 0.15) is 6.54 Å². The monoisotopic (exact) mass is 451 g/mol. The molecule has 0 saturated carbocycles. The van der Waals surface area contributed by atoms with E-state index in [2.05, 4.69) is 24.1 Å². The summed E-state index contributed by atoms with van der Waals surface area (Å²) >= 11 is 0. The third-order valence-electron chi connectivity index (χ3n) is 6.35. The number of imidazole rings is 1. The number of nitrogens with one attached hydrogen (secondary N) is 1. The van der Waals surface area contributed by atoms with E-state index in [0.717, 1.165) is 43.1 Å². The summed E-state index contributed by atoms with van der Waals surface area (Å²) < 4.78 is 4.40. The third kappa shape index (κ3) is 4.79. The molecular formula is C25H33N5O3. The molecule has 0 unspecified atom stereocenters. The Hall–Kier alpha value is -3.16. The van der Waals surface area contributed by atoms with Crippen LogP contribution in [-0.2, 0) is 37.3 Å². The maximum atomic E-state index is 13.4. The van der Waals surface area contributed by atoms with E-state index in [1.165, 1.54) is 15.7 Å². The Labute approximate surface area is 193 Å². The summed E-state index contributed by atoms with van der Waals surface area (Å²) in [6, 6.07) is 5.92. The summed E-state index contributed by atoms with van der Waals surface area (Å²) in [5.41, 5.74) is 3.11. The number of anilines is 1. The first kappa shape index (κ1) is 23.0. The molecule has 2 heterocycles. The standard InChI is InChI=1S/C25H33N5O3/c1-4-5-12-29-23-22(28(16-26-23)13-11-17(2)3)24(32)30(25(29)33)15-21(31)27-20-10-9-18-7-6-8-19(18)14-20/h9-10,14,16-17H,4-8,11-13,15H2,1-3H3,(H,27,31). The van der Waals surface area contributed by atoms with Crippen molar-refractivity contribution >= 4 is 22.8 Å². The van der Waals surface area contributed by atoms with Crippen molar-refractivity contribution in [2.45, 2.75) is 78.9 Å². The summed E-state index contributed by atoms with van der Waals surface area (Å²) in [4.78, 5) is 43.8. The molecule has 0 spiro atoms. The van der Waals surface area contributed by atoms with Gasteiger partial charge in [-0.05, 0) is 61.3 Å². The second-order valence-corrected chi connectivity index (χ2v) is 9.36. The lowest BCUT2D eigenvalue weighted by Gasteiger charge is -2.13. The van der Waals surface area contributed by atoms with Gasteiger partial charge in [-0.15, -0.1) is 0 Å². The number of aryl methyl sites for hydroxylation is 4. The summed E-state index contributed by atoms with van der Waals surface area (Å²) in [7, 11) is 0. The van der Waals surface area contributed by atoms with E-state index in [1.54, 1.807) is 6.33 Å². The van der Waals surface area contributed by atoms with Crippen LogP contribution in [0.5, 0.6) is 0 Å². The van der Waals surface area contributed by atoms with Crippen molar-refractivity contribution in [1.29, 1.82) is 0 Å². The van der Waals surface area contributed by atoms with Crippen LogP contribution in [0.4, 0.5) is 5.69 Å². The molecule has 3 aromatic rings. The Balaban J connectivity index is 1.68. The maximum Gasteiger partial charge on any atom is 0.333 e. The fourth-order valence-corrected chi connectivity index (χ4v) is 4.46. The molecule has 0 aliphatic heterocycles. The minimum absolute atomic E-state index is 0.327. The van der Waals surface area contributed by atoms with Crippen LogP contribution in [0.2, 0.25) is 0 Å². The number of amides is 1. The van der Waals surface area contributed by atoms with Crippen LogP contribution in [0, 0.1) is 5.92 Å². The van der Waals surface area contributed by atoms with Crippen LogP contribution in [0.3, 0.4) is 0 Å². The predicted octanol–water partition coefficient (Wildman–Crippen LogP) is 3.33. The van der Waals surface area contributed by atoms with Gasteiger partial charge in [-0.25, -0.2) is 14.3 Å². The molecule has 0 atom stereocenters. The molecule has 1 aromatic carbocycles. The Morgan fingerprint density at radius 2 is 1.91 bits per heavy atom. The van der Waals surface area contributed by atoms with Gasteiger partial charge in [0.2, 0.25) is 5.91 Å². The minimum Gasteiger partial charge on any atom is -0.325 e. The highest BCUT2D eigenvalue weighted by Gasteiger charge is 2.20. The highest BCUT2D eigenvalue weighted by Crippen LogP contribution is 2.24. The number of nitrogens with zero attached hydrogens (tertiary/aromatic N) is 4. The Morgan fingerprint density at radius 3 is 2.67 bits per heavy atom. The second kappa shape index (κ2) is 9.77. The topological polar surface area (TPSA) is 90.9 Å². The summed E-state index contributed by atoms with van der Waals surface area (Å²) in [6.45, 7) is 7.06. The van der Waals surface area contributed by atoms with Crippen LogP contribution in [0.1, 0.15) is 57.6 Å². The van der Waals surface area contributed by atoms with Gasteiger partial charge in [-0.1, -0.05) is 33.3 Å². The van der Waals surface area contributed by atoms with Crippen molar-refractivity contribution in [3.8, 4) is 0 Å². The Bertz CT molecular complexity index is 1280. The fourth-order valence-electron chi connectivity index (χ4n) is 4.46. The highest BCUT2D eigenvalue weighted by atomic mass is 16.2. The lowest BCUT2D eigenvalue weighted by Crippen LogP contribution is -2.43. The molecule has 1 amide bonds. The predicted molar refractivity (Wildman–Crippen MR) is 130 cm³/mol. The zero-order valence-corrected chi connectivity index (χ0v) is 19.8. The van der Waals surface area contributed by atoms with Crippen LogP contribution in [0.15, 0.2) is 34.1 Å². The second-order valence-electron chi connectivity index (χ2n) is 9.36. The van der Waals surface area contributed by atoms with E-state index < -0.39 is 11.2 Å². The Morgan fingerprint density at radius 1 is 1.12 bits per heavy atom. The summed E-state index contributed by atoms with van der Waals surface area (Å²) in [5.74, 6) is 0.0792. The van der Waals surface area contributed by atoms with Crippen LogP contribution >= 0.6 is 0 Å². The van der Waals surface area contributed by atoms with Crippen molar-refractivity contribution in [2.75, 3.05) is 5.32 Å². The summed E-state index contributed by atoms with van der Waals surface area (Å²) in [5, 5.41) is 2.86. The lowest BCUT2D eigenvalue weighted by atomic mass is 10.1. The molecule has 2 aromatic heterocycles. The van der Waals surface area contributed by atoms with Crippen molar-refractivity contribution in [3.05, 3.63) is 56.5 Å². The van der Waals surface area contributed by atoms with E-state index >= 15 is 0 Å². The first-order valence-electron chi connectivity index (χ1n) is 12.0. The Kier molecular flexibility index (Phi) is 6.81. The van der Waals surface area contributed by atoms with Crippen LogP contribution in [-0.4, -0.2) is 24.6 Å². The number of fused-ring (bicyclic) bond motifs is 2. The van der Waals surface area contributed by atoms with Gasteiger partial charge < -0.3 is 9.88 Å². The molecule has 1 aliphatic carbocycles. The van der Waals surface area contributed by atoms with Gasteiger partial charge in [-0.3, -0.25) is 14.2 Å². The largest absolute Gasteiger partial charge is 0.333 e. The van der Waals surface area contributed by atoms with E-state index in [1.807, 2.05) is 29.7 Å². The first-order valence-corrected chi connectivity index (χ1v) is 12.0. The molecule has 0 bridgehead atoms. The van der Waals surface area contributed by atoms with Crippen LogP contribution in [0.25, 0.3) is 11.2 Å². The zero-order chi connectivity index (χ0) is 23.5. The average molecular weight is 452 g/mol.